The van der Waals surface area contributed by atoms with Gasteiger partial charge in [0.15, 0.2) is 0 Å². The molecular weight excluding hydrogens is 637 g/mol. The van der Waals surface area contributed by atoms with Crippen LogP contribution in [-0.4, -0.2) is 0 Å². The minimum absolute atomic E-state index is 1.10. The lowest BCUT2D eigenvalue weighted by Gasteiger charge is -2.17. The van der Waals surface area contributed by atoms with Crippen molar-refractivity contribution in [1.82, 2.24) is 0 Å². The molecule has 2 aliphatic carbocycles. The second-order valence-electron chi connectivity index (χ2n) is 13.3. The lowest BCUT2D eigenvalue weighted by atomic mass is 9.88. The molecule has 53 heavy (non-hydrogen) atoms. The van der Waals surface area contributed by atoms with E-state index in [-0.39, 0.29) is 0 Å². The Morgan fingerprint density at radius 2 is 0.962 bits per heavy atom. The minimum atomic E-state index is 1.10. The second kappa shape index (κ2) is 22.7. The van der Waals surface area contributed by atoms with Gasteiger partial charge in [0.05, 0.1) is 0 Å². The van der Waals surface area contributed by atoms with E-state index in [0.29, 0.717) is 0 Å². The molecule has 8 rings (SSSR count). The highest BCUT2D eigenvalue weighted by Gasteiger charge is 2.18. The Hall–Kier alpha value is -5.20. The SMILES string of the molecule is CC.CC.CC1=C(c2cc(-c3cccc(C)c3)ccc2C)CCC=C1.Cc1cccc2c1-c1ccccc1C2.Cc1ccccc1.Cc1ccccc1. The highest BCUT2D eigenvalue weighted by molar-refractivity contribution is 5.79. The first-order chi connectivity index (χ1) is 25.8. The molecule has 0 heterocycles. The molecule has 2 aliphatic rings. The number of fused-ring (bicyclic) bond motifs is 3. The van der Waals surface area contributed by atoms with Crippen LogP contribution < -0.4 is 0 Å². The largest absolute Gasteiger partial charge is 0.0839 e. The van der Waals surface area contributed by atoms with Crippen LogP contribution in [0.4, 0.5) is 0 Å². The van der Waals surface area contributed by atoms with Gasteiger partial charge in [-0.25, -0.2) is 0 Å². The van der Waals surface area contributed by atoms with Crippen LogP contribution in [0.15, 0.2) is 163 Å². The van der Waals surface area contributed by atoms with E-state index in [0.717, 1.165) is 19.3 Å². The standard InChI is InChI=1S/C21H22.C14H12.2C7H8.2C2H6/c1-15-7-6-9-18(13-15)19-12-11-17(3)21(14-19)20-10-5-4-8-16(20)2;1-10-5-4-7-12-9-11-6-2-3-8-13(11)14(10)12;2*1-7-5-3-2-4-6-7;2*1-2/h4,6-9,11-14H,5,10H2,1-3H3;2-8H,9H2,1H3;2*2-6H,1H3;2*1-2H3. The van der Waals surface area contributed by atoms with E-state index < -0.39 is 0 Å². The fourth-order valence-corrected chi connectivity index (χ4v) is 6.54. The van der Waals surface area contributed by atoms with E-state index in [1.807, 2.05) is 64.1 Å². The molecule has 0 saturated heterocycles. The number of allylic oxidation sites excluding steroid dienone is 4. The van der Waals surface area contributed by atoms with Crippen molar-refractivity contribution in [3.8, 4) is 22.3 Å². The van der Waals surface area contributed by atoms with Gasteiger partial charge in [-0.3, -0.25) is 0 Å². The first kappa shape index (κ1) is 42.2. The highest BCUT2D eigenvalue weighted by atomic mass is 14.2. The molecule has 0 unspecified atom stereocenters. The van der Waals surface area contributed by atoms with Gasteiger partial charge in [-0.1, -0.05) is 196 Å². The first-order valence-electron chi connectivity index (χ1n) is 19.5. The van der Waals surface area contributed by atoms with Gasteiger partial charge in [-0.2, -0.15) is 0 Å². The van der Waals surface area contributed by atoms with Crippen molar-refractivity contribution in [3.63, 3.8) is 0 Å². The van der Waals surface area contributed by atoms with E-state index >= 15 is 0 Å². The van der Waals surface area contributed by atoms with Crippen LogP contribution in [0.1, 0.15) is 92.0 Å². The first-order valence-corrected chi connectivity index (χ1v) is 19.5. The van der Waals surface area contributed by atoms with Crippen molar-refractivity contribution in [2.75, 3.05) is 0 Å². The summed E-state index contributed by atoms with van der Waals surface area (Å²) in [6, 6.07) is 51.4. The number of aryl methyl sites for hydroxylation is 5. The van der Waals surface area contributed by atoms with Crippen LogP contribution in [0.3, 0.4) is 0 Å². The van der Waals surface area contributed by atoms with Gasteiger partial charge in [-0.15, -0.1) is 0 Å². The third-order valence-electron chi connectivity index (χ3n) is 9.23. The van der Waals surface area contributed by atoms with Crippen molar-refractivity contribution >= 4 is 5.57 Å². The smallest absolute Gasteiger partial charge is 0.00134 e. The Kier molecular flexibility index (Phi) is 18.1. The molecule has 0 radical (unpaired) electrons. The third-order valence-corrected chi connectivity index (χ3v) is 9.23. The van der Waals surface area contributed by atoms with Gasteiger partial charge in [0.2, 0.25) is 0 Å². The molecule has 274 valence electrons. The molecule has 6 aromatic rings. The van der Waals surface area contributed by atoms with Crippen LogP contribution in [0.2, 0.25) is 0 Å². The minimum Gasteiger partial charge on any atom is -0.0839 e. The van der Waals surface area contributed by atoms with Crippen LogP contribution in [0.25, 0.3) is 27.8 Å². The second-order valence-corrected chi connectivity index (χ2v) is 13.3. The van der Waals surface area contributed by atoms with Crippen LogP contribution in [-0.2, 0) is 6.42 Å². The molecule has 0 spiro atoms. The number of benzene rings is 6. The molecule has 0 N–H and O–H groups in total. The molecule has 0 amide bonds. The average Bonchev–Trinajstić information content (AvgIpc) is 3.58. The van der Waals surface area contributed by atoms with Gasteiger partial charge < -0.3 is 0 Å². The lowest BCUT2D eigenvalue weighted by Crippen LogP contribution is -1.96. The summed E-state index contributed by atoms with van der Waals surface area (Å²) >= 11 is 0. The van der Waals surface area contributed by atoms with E-state index in [4.69, 9.17) is 0 Å². The maximum atomic E-state index is 2.36. The molecule has 0 fully saturated rings. The van der Waals surface area contributed by atoms with Crippen molar-refractivity contribution in [2.45, 2.75) is 88.5 Å². The maximum absolute atomic E-state index is 2.36. The third kappa shape index (κ3) is 12.8. The average molecular weight is 699 g/mol. The van der Waals surface area contributed by atoms with Gasteiger partial charge in [0.1, 0.15) is 0 Å². The van der Waals surface area contributed by atoms with Crippen molar-refractivity contribution in [3.05, 3.63) is 208 Å². The number of hydrogen-bond acceptors (Lipinski definition) is 0. The quantitative estimate of drug-likeness (QED) is 0.169. The van der Waals surface area contributed by atoms with Crippen molar-refractivity contribution < 1.29 is 0 Å². The molecule has 0 aromatic heterocycles. The number of hydrogen-bond donors (Lipinski definition) is 0. The van der Waals surface area contributed by atoms with Gasteiger partial charge >= 0.3 is 0 Å². The summed E-state index contributed by atoms with van der Waals surface area (Å²) in [6.45, 7) is 21.0. The van der Waals surface area contributed by atoms with E-state index in [9.17, 15) is 0 Å². The summed E-state index contributed by atoms with van der Waals surface area (Å²) in [5.74, 6) is 0. The Balaban J connectivity index is 0.000000202. The molecule has 0 aliphatic heterocycles. The van der Waals surface area contributed by atoms with Crippen molar-refractivity contribution in [1.29, 1.82) is 0 Å². The molecule has 0 bridgehead atoms. The molecule has 6 aromatic carbocycles. The van der Waals surface area contributed by atoms with Crippen LogP contribution >= 0.6 is 0 Å². The maximum Gasteiger partial charge on any atom is -0.00134 e. The summed E-state index contributed by atoms with van der Waals surface area (Å²) in [5.41, 5.74) is 19.5. The van der Waals surface area contributed by atoms with E-state index in [1.165, 1.54) is 77.9 Å². The summed E-state index contributed by atoms with van der Waals surface area (Å²) in [7, 11) is 0. The summed E-state index contributed by atoms with van der Waals surface area (Å²) in [5, 5.41) is 0. The topological polar surface area (TPSA) is 0 Å². The van der Waals surface area contributed by atoms with Gasteiger partial charge in [0, 0.05) is 0 Å². The lowest BCUT2D eigenvalue weighted by molar-refractivity contribution is 1.03. The normalized spacial score (nSPS) is 11.6. The predicted octanol–water partition coefficient (Wildman–Crippen LogP) is 15.7. The van der Waals surface area contributed by atoms with Crippen molar-refractivity contribution in [2.24, 2.45) is 0 Å². The zero-order chi connectivity index (χ0) is 38.6. The molecular formula is C53H62. The van der Waals surface area contributed by atoms with Crippen LogP contribution in [0, 0.1) is 34.6 Å². The Bertz CT molecular complexity index is 1990. The highest BCUT2D eigenvalue weighted by Crippen LogP contribution is 2.38. The Morgan fingerprint density at radius 1 is 0.415 bits per heavy atom. The molecule has 0 saturated carbocycles. The summed E-state index contributed by atoms with van der Waals surface area (Å²) in [4.78, 5) is 0. The van der Waals surface area contributed by atoms with Gasteiger partial charge in [-0.05, 0) is 128 Å². The van der Waals surface area contributed by atoms with E-state index in [2.05, 4.69) is 163 Å². The predicted molar refractivity (Wildman–Crippen MR) is 237 cm³/mol. The fraction of sp³-hybridized carbons (Fsp3) is 0.245. The van der Waals surface area contributed by atoms with Crippen LogP contribution in [0.5, 0.6) is 0 Å². The monoisotopic (exact) mass is 698 g/mol. The zero-order valence-corrected chi connectivity index (χ0v) is 34.1. The zero-order valence-electron chi connectivity index (χ0n) is 34.1. The molecule has 0 heteroatoms. The van der Waals surface area contributed by atoms with Gasteiger partial charge in [0.25, 0.3) is 0 Å². The summed E-state index contributed by atoms with van der Waals surface area (Å²) < 4.78 is 0. The summed E-state index contributed by atoms with van der Waals surface area (Å²) in [6.07, 6.45) is 7.95. The molecule has 0 nitrogen and oxygen atoms in total. The Labute approximate surface area is 323 Å². The Morgan fingerprint density at radius 3 is 1.55 bits per heavy atom. The number of rotatable bonds is 2. The van der Waals surface area contributed by atoms with E-state index in [1.54, 1.807) is 0 Å². The fourth-order valence-electron chi connectivity index (χ4n) is 6.54. The molecule has 0 atom stereocenters.